The summed E-state index contributed by atoms with van der Waals surface area (Å²) in [4.78, 5) is 0. The maximum Gasteiger partial charge on any atom is 1.00 e. The van der Waals surface area contributed by atoms with Crippen molar-refractivity contribution in [3.8, 4) is 0 Å². The molecule has 0 aromatic carbocycles. The van der Waals surface area contributed by atoms with E-state index in [1.54, 1.807) is 0 Å². The van der Waals surface area contributed by atoms with Crippen LogP contribution < -0.4 is 51.4 Å². The molecule has 0 rings (SSSR count). The van der Waals surface area contributed by atoms with E-state index in [2.05, 4.69) is 0 Å². The van der Waals surface area contributed by atoms with Crippen LogP contribution in [0.2, 0.25) is 0 Å². The van der Waals surface area contributed by atoms with Gasteiger partial charge in [0, 0.05) is 0 Å². The van der Waals surface area contributed by atoms with Crippen LogP contribution in [0.15, 0.2) is 0 Å². The Morgan fingerprint density at radius 1 is 0.905 bits per heavy atom. The van der Waals surface area contributed by atoms with Gasteiger partial charge in [0.2, 0.25) is 0 Å². The van der Waals surface area contributed by atoms with E-state index in [0.29, 0.717) is 0 Å². The van der Waals surface area contributed by atoms with Crippen LogP contribution in [0.1, 0.15) is 6.42 Å². The fourth-order valence-electron chi connectivity index (χ4n) is 0.879. The molecule has 1 atom stereocenters. The van der Waals surface area contributed by atoms with Gasteiger partial charge in [-0.05, 0) is 0 Å². The van der Waals surface area contributed by atoms with Crippen LogP contribution in [0.5, 0.6) is 0 Å². The van der Waals surface area contributed by atoms with Crippen molar-refractivity contribution in [2.75, 3.05) is 0 Å². The summed E-state index contributed by atoms with van der Waals surface area (Å²) in [6.45, 7) is 0. The quantitative estimate of drug-likeness (QED) is 0.371. The molecule has 3 nitrogen and oxygen atoms in total. The Morgan fingerprint density at radius 3 is 1.48 bits per heavy atom. The fourth-order valence-corrected chi connectivity index (χ4v) is 1.33. The Morgan fingerprint density at radius 2 is 1.24 bits per heavy atom. The van der Waals surface area contributed by atoms with Crippen LogP contribution in [0, 0.1) is 0 Å². The maximum absolute atomic E-state index is 12.6. The summed E-state index contributed by atoms with van der Waals surface area (Å²) in [7, 11) is -7.38. The number of hydrogen-bond acceptors (Lipinski definition) is 3. The van der Waals surface area contributed by atoms with Gasteiger partial charge >= 0.3 is 74.7 Å². The van der Waals surface area contributed by atoms with Crippen LogP contribution in [0.4, 0.5) is 43.9 Å². The van der Waals surface area contributed by atoms with Crippen LogP contribution in [-0.2, 0) is 10.1 Å². The molecule has 15 heteroatoms. The molecule has 0 spiro atoms. The van der Waals surface area contributed by atoms with Gasteiger partial charge in [-0.3, -0.25) is 0 Å². The van der Waals surface area contributed by atoms with Gasteiger partial charge in [0.1, 0.15) is 0 Å². The first kappa shape index (κ1) is 24.1. The smallest absolute Gasteiger partial charge is 0.743 e. The van der Waals surface area contributed by atoms with E-state index in [0.717, 1.165) is 0 Å². The van der Waals surface area contributed by atoms with Gasteiger partial charge in [-0.1, -0.05) is 0 Å². The van der Waals surface area contributed by atoms with Crippen molar-refractivity contribution in [3.05, 3.63) is 0 Å². The van der Waals surface area contributed by atoms with E-state index < -0.39 is 46.0 Å². The summed E-state index contributed by atoms with van der Waals surface area (Å²) in [5.41, 5.74) is 0. The molecule has 0 saturated heterocycles. The van der Waals surface area contributed by atoms with Gasteiger partial charge in [-0.25, -0.2) is 12.8 Å². The second-order valence-electron chi connectivity index (χ2n) is 3.46. The molecule has 1 unspecified atom stereocenters. The zero-order valence-electron chi connectivity index (χ0n) is 9.70. The third-order valence-electron chi connectivity index (χ3n) is 1.90. The maximum atomic E-state index is 12.6. The van der Waals surface area contributed by atoms with E-state index in [1.165, 1.54) is 0 Å². The van der Waals surface area contributed by atoms with E-state index in [4.69, 9.17) is 0 Å². The third kappa shape index (κ3) is 4.91. The Balaban J connectivity index is 0. The molecule has 0 aromatic heterocycles. The summed E-state index contributed by atoms with van der Waals surface area (Å²) in [6.07, 6.45) is -13.9. The van der Waals surface area contributed by atoms with Gasteiger partial charge in [0.15, 0.2) is 16.3 Å². The Bertz CT molecular complexity index is 458. The van der Waals surface area contributed by atoms with Crippen molar-refractivity contribution in [1.82, 2.24) is 0 Å². The SMILES string of the molecule is O=S(=O)([O-])C(F)(F)C(F)(F)C(F)(F)C(F)CC(F)(F)F.[K+]. The summed E-state index contributed by atoms with van der Waals surface area (Å²) in [5, 5.41) is -7.00. The normalized spacial score (nSPS) is 16.3. The number of hydrogen-bond donors (Lipinski definition) is 0. The number of halogens is 10. The summed E-state index contributed by atoms with van der Waals surface area (Å²) in [6, 6.07) is 0. The first-order valence-electron chi connectivity index (χ1n) is 4.17. The molecule has 0 N–H and O–H groups in total. The molecule has 122 valence electrons. The molecule has 0 aromatic rings. The van der Waals surface area contributed by atoms with Gasteiger partial charge < -0.3 is 4.55 Å². The van der Waals surface area contributed by atoms with E-state index >= 15 is 0 Å². The van der Waals surface area contributed by atoms with Crippen molar-refractivity contribution in [2.45, 2.75) is 35.9 Å². The molecule has 0 aliphatic rings. The first-order valence-corrected chi connectivity index (χ1v) is 5.58. The van der Waals surface area contributed by atoms with Crippen LogP contribution in [0.25, 0.3) is 0 Å². The molecule has 0 aliphatic carbocycles. The van der Waals surface area contributed by atoms with E-state index in [1.807, 2.05) is 0 Å². The molecule has 0 heterocycles. The molecular formula is C6H3F10KO3S. The molecule has 21 heavy (non-hydrogen) atoms. The minimum Gasteiger partial charge on any atom is -0.743 e. The van der Waals surface area contributed by atoms with Crippen molar-refractivity contribution in [2.24, 2.45) is 0 Å². The van der Waals surface area contributed by atoms with Crippen molar-refractivity contribution >= 4 is 10.1 Å². The molecular weight excluding hydrogens is 381 g/mol. The minimum atomic E-state index is -7.38. The van der Waals surface area contributed by atoms with Crippen molar-refractivity contribution in [1.29, 1.82) is 0 Å². The predicted octanol–water partition coefficient (Wildman–Crippen LogP) is -0.310. The average molecular weight is 384 g/mol. The third-order valence-corrected chi connectivity index (χ3v) is 2.79. The van der Waals surface area contributed by atoms with Gasteiger partial charge in [0.25, 0.3) is 0 Å². The summed E-state index contributed by atoms with van der Waals surface area (Å²) >= 11 is 0. The molecule has 0 bridgehead atoms. The molecule has 0 amide bonds. The monoisotopic (exact) mass is 384 g/mol. The summed E-state index contributed by atoms with van der Waals surface area (Å²) in [5.74, 6) is -13.9. The van der Waals surface area contributed by atoms with Crippen LogP contribution >= 0.6 is 0 Å². The van der Waals surface area contributed by atoms with Crippen LogP contribution in [-0.4, -0.2) is 42.4 Å². The number of alkyl halides is 10. The van der Waals surface area contributed by atoms with Gasteiger partial charge in [0.05, 0.1) is 6.42 Å². The molecule has 0 radical (unpaired) electrons. The Labute approximate surface area is 153 Å². The number of rotatable bonds is 5. The van der Waals surface area contributed by atoms with Gasteiger partial charge in [-0.2, -0.15) is 39.5 Å². The minimum absolute atomic E-state index is 0. The summed E-state index contributed by atoms with van der Waals surface area (Å²) < 4.78 is 152. The predicted molar refractivity (Wildman–Crippen MR) is 40.1 cm³/mol. The van der Waals surface area contributed by atoms with Crippen LogP contribution in [0.3, 0.4) is 0 Å². The van der Waals surface area contributed by atoms with Crippen molar-refractivity contribution < 1.29 is 108 Å². The Hall–Kier alpha value is 0.846. The van der Waals surface area contributed by atoms with Crippen molar-refractivity contribution in [3.63, 3.8) is 0 Å². The fraction of sp³-hybridized carbons (Fsp3) is 1.00. The zero-order chi connectivity index (χ0) is 16.8. The molecule has 0 saturated carbocycles. The molecule has 0 fully saturated rings. The molecule has 0 aliphatic heterocycles. The Kier molecular flexibility index (Phi) is 7.76. The topological polar surface area (TPSA) is 57.2 Å². The van der Waals surface area contributed by atoms with E-state index in [9.17, 15) is 56.9 Å². The average Bonchev–Trinajstić information content (AvgIpc) is 2.12. The second kappa shape index (κ2) is 6.76. The standard InChI is InChI=1S/C6H4F10O3S.K/c7-2(1-3(8,9)10)4(11,12)5(13,14)6(15,16)20(17,18)19;/h2H,1H2,(H,17,18,19);/q;+1/p-1. The zero-order valence-corrected chi connectivity index (χ0v) is 13.6. The second-order valence-corrected chi connectivity index (χ2v) is 4.88. The first-order chi connectivity index (χ1) is 8.38. The van der Waals surface area contributed by atoms with E-state index in [-0.39, 0.29) is 51.4 Å². The van der Waals surface area contributed by atoms with Gasteiger partial charge in [-0.15, -0.1) is 0 Å². The largest absolute Gasteiger partial charge is 1.00 e.